The molecule has 4 heteroatoms. The molecule has 0 aliphatic heterocycles. The second-order valence-corrected chi connectivity index (χ2v) is 6.63. The summed E-state index contributed by atoms with van der Waals surface area (Å²) in [6.07, 6.45) is 6.15. The molecule has 0 saturated heterocycles. The van der Waals surface area contributed by atoms with Gasteiger partial charge in [-0.1, -0.05) is 43.0 Å². The van der Waals surface area contributed by atoms with Crippen LogP contribution in [0.3, 0.4) is 0 Å². The van der Waals surface area contributed by atoms with Gasteiger partial charge in [-0.05, 0) is 37.5 Å². The lowest BCUT2D eigenvalue weighted by molar-refractivity contribution is 0.701. The minimum absolute atomic E-state index is 0.573. The molecule has 2 aromatic rings. The van der Waals surface area contributed by atoms with Gasteiger partial charge in [0.15, 0.2) is 0 Å². The highest BCUT2D eigenvalue weighted by Crippen LogP contribution is 2.38. The number of anilines is 1. The van der Waals surface area contributed by atoms with E-state index >= 15 is 0 Å². The minimum atomic E-state index is 0.573. The Labute approximate surface area is 135 Å². The van der Waals surface area contributed by atoms with E-state index in [4.69, 9.17) is 28.2 Å². The largest absolute Gasteiger partial charge is 0.384 e. The van der Waals surface area contributed by atoms with E-state index < -0.39 is 0 Å². The number of nitrogens with zero attached hydrogens (tertiary/aromatic N) is 1. The number of halogens is 2. The first kappa shape index (κ1) is 14.9. The fourth-order valence-corrected chi connectivity index (χ4v) is 3.64. The van der Waals surface area contributed by atoms with E-state index in [-0.39, 0.29) is 0 Å². The van der Waals surface area contributed by atoms with Crippen LogP contribution in [-0.2, 0) is 0 Å². The molecule has 1 aliphatic carbocycles. The van der Waals surface area contributed by atoms with Gasteiger partial charge in [-0.25, -0.2) is 0 Å². The Kier molecular flexibility index (Phi) is 4.56. The van der Waals surface area contributed by atoms with E-state index in [9.17, 15) is 0 Å². The van der Waals surface area contributed by atoms with E-state index in [1.165, 1.54) is 31.4 Å². The maximum Gasteiger partial charge on any atom is 0.0913 e. The lowest BCUT2D eigenvalue weighted by Gasteiger charge is -2.15. The predicted octanol–water partition coefficient (Wildman–Crippen LogP) is 6.02. The van der Waals surface area contributed by atoms with Crippen LogP contribution < -0.4 is 5.32 Å². The number of fused-ring (bicyclic) bond motifs is 1. The number of hydrogen-bond donors (Lipinski definition) is 1. The van der Waals surface area contributed by atoms with Crippen molar-refractivity contribution in [1.29, 1.82) is 0 Å². The summed E-state index contributed by atoms with van der Waals surface area (Å²) in [4.78, 5) is 4.84. The van der Waals surface area contributed by atoms with Crippen molar-refractivity contribution in [3.05, 3.63) is 33.9 Å². The molecule has 1 aliphatic rings. The minimum Gasteiger partial charge on any atom is -0.384 e. The monoisotopic (exact) mass is 322 g/mol. The number of pyridine rings is 1. The van der Waals surface area contributed by atoms with Gasteiger partial charge in [-0.15, -0.1) is 0 Å². The first-order chi connectivity index (χ1) is 10.2. The predicted molar refractivity (Wildman–Crippen MR) is 91.8 cm³/mol. The molecule has 1 aromatic heterocycles. The Bertz CT molecular complexity index is 649. The van der Waals surface area contributed by atoms with Gasteiger partial charge in [-0.3, -0.25) is 4.98 Å². The van der Waals surface area contributed by atoms with Crippen molar-refractivity contribution < 1.29 is 0 Å². The average molecular weight is 323 g/mol. The van der Waals surface area contributed by atoms with E-state index in [2.05, 4.69) is 18.3 Å². The molecule has 21 heavy (non-hydrogen) atoms. The zero-order valence-corrected chi connectivity index (χ0v) is 13.8. The van der Waals surface area contributed by atoms with Gasteiger partial charge in [0.2, 0.25) is 0 Å². The van der Waals surface area contributed by atoms with Crippen LogP contribution in [0.15, 0.2) is 18.2 Å². The summed E-state index contributed by atoms with van der Waals surface area (Å²) in [7, 11) is 0. The summed E-state index contributed by atoms with van der Waals surface area (Å²) in [6.45, 7) is 3.10. The van der Waals surface area contributed by atoms with Gasteiger partial charge in [0.05, 0.1) is 10.5 Å². The van der Waals surface area contributed by atoms with E-state index in [0.29, 0.717) is 16.0 Å². The lowest BCUT2D eigenvalue weighted by atomic mass is 10.0. The van der Waals surface area contributed by atoms with Crippen molar-refractivity contribution in [3.8, 4) is 0 Å². The highest BCUT2D eigenvalue weighted by Gasteiger charge is 2.20. The molecule has 0 atom stereocenters. The molecule has 0 bridgehead atoms. The van der Waals surface area contributed by atoms with E-state index in [1.807, 2.05) is 6.07 Å². The maximum absolute atomic E-state index is 6.37. The smallest absolute Gasteiger partial charge is 0.0913 e. The maximum atomic E-state index is 6.37. The van der Waals surface area contributed by atoms with Crippen LogP contribution in [0.25, 0.3) is 10.9 Å². The Balaban J connectivity index is 2.13. The fraction of sp³-hybridized carbons (Fsp3) is 0.471. The molecule has 1 heterocycles. The SMILES string of the molecule is CCCNc1cc(C2CCCC2)nc2c(Cl)cc(Cl)cc12. The average Bonchev–Trinajstić information content (AvgIpc) is 2.99. The highest BCUT2D eigenvalue weighted by molar-refractivity contribution is 6.38. The van der Waals surface area contributed by atoms with Gasteiger partial charge in [0.1, 0.15) is 0 Å². The molecule has 0 amide bonds. The third-order valence-electron chi connectivity index (χ3n) is 4.19. The first-order valence-corrected chi connectivity index (χ1v) is 8.48. The van der Waals surface area contributed by atoms with Crippen LogP contribution in [0.1, 0.15) is 50.6 Å². The van der Waals surface area contributed by atoms with Crippen molar-refractivity contribution >= 4 is 39.8 Å². The van der Waals surface area contributed by atoms with Gasteiger partial charge in [0, 0.05) is 34.3 Å². The van der Waals surface area contributed by atoms with E-state index in [1.54, 1.807) is 6.07 Å². The summed E-state index contributed by atoms with van der Waals surface area (Å²) in [6, 6.07) is 5.92. The molecule has 1 fully saturated rings. The van der Waals surface area contributed by atoms with Crippen LogP contribution in [0.2, 0.25) is 10.0 Å². The molecule has 0 radical (unpaired) electrons. The Hall–Kier alpha value is -0.990. The van der Waals surface area contributed by atoms with Gasteiger partial charge in [0.25, 0.3) is 0 Å². The number of nitrogens with one attached hydrogen (secondary N) is 1. The Morgan fingerprint density at radius 1 is 1.19 bits per heavy atom. The molecule has 1 aromatic carbocycles. The van der Waals surface area contributed by atoms with Crippen LogP contribution in [0.5, 0.6) is 0 Å². The van der Waals surface area contributed by atoms with Crippen LogP contribution in [0.4, 0.5) is 5.69 Å². The molecule has 1 N–H and O–H groups in total. The normalized spacial score (nSPS) is 15.8. The van der Waals surface area contributed by atoms with Crippen molar-refractivity contribution in [2.75, 3.05) is 11.9 Å². The summed E-state index contributed by atoms with van der Waals surface area (Å²) in [5.41, 5.74) is 3.14. The number of hydrogen-bond acceptors (Lipinski definition) is 2. The van der Waals surface area contributed by atoms with Crippen molar-refractivity contribution in [2.45, 2.75) is 44.9 Å². The van der Waals surface area contributed by atoms with Gasteiger partial charge < -0.3 is 5.32 Å². The molecule has 0 spiro atoms. The molecule has 0 unspecified atom stereocenters. The summed E-state index contributed by atoms with van der Waals surface area (Å²) >= 11 is 12.5. The molecule has 1 saturated carbocycles. The van der Waals surface area contributed by atoms with Crippen LogP contribution in [0, 0.1) is 0 Å². The molecular formula is C17H20Cl2N2. The quantitative estimate of drug-likeness (QED) is 0.744. The fourth-order valence-electron chi connectivity index (χ4n) is 3.11. The van der Waals surface area contributed by atoms with Crippen LogP contribution in [-0.4, -0.2) is 11.5 Å². The summed E-state index contributed by atoms with van der Waals surface area (Å²) < 4.78 is 0. The molecule has 3 rings (SSSR count). The number of aromatic nitrogens is 1. The van der Waals surface area contributed by atoms with Crippen LogP contribution >= 0.6 is 23.2 Å². The Morgan fingerprint density at radius 2 is 1.95 bits per heavy atom. The standard InChI is InChI=1S/C17H20Cl2N2/c1-2-7-20-16-10-15(11-5-3-4-6-11)21-17-13(16)8-12(18)9-14(17)19/h8-11H,2-7H2,1H3,(H,20,21). The Morgan fingerprint density at radius 3 is 2.67 bits per heavy atom. The van der Waals surface area contributed by atoms with Crippen molar-refractivity contribution in [1.82, 2.24) is 4.98 Å². The second-order valence-electron chi connectivity index (χ2n) is 5.79. The zero-order chi connectivity index (χ0) is 14.8. The third-order valence-corrected chi connectivity index (χ3v) is 4.70. The topological polar surface area (TPSA) is 24.9 Å². The first-order valence-electron chi connectivity index (χ1n) is 7.72. The highest BCUT2D eigenvalue weighted by atomic mass is 35.5. The van der Waals surface area contributed by atoms with Crippen molar-refractivity contribution in [3.63, 3.8) is 0 Å². The molecular weight excluding hydrogens is 303 g/mol. The van der Waals surface area contributed by atoms with Crippen molar-refractivity contribution in [2.24, 2.45) is 0 Å². The lowest BCUT2D eigenvalue weighted by Crippen LogP contribution is -2.04. The third kappa shape index (κ3) is 3.12. The second kappa shape index (κ2) is 6.41. The summed E-state index contributed by atoms with van der Waals surface area (Å²) in [5.74, 6) is 0.573. The molecule has 2 nitrogen and oxygen atoms in total. The molecule has 112 valence electrons. The number of rotatable bonds is 4. The zero-order valence-electron chi connectivity index (χ0n) is 12.3. The van der Waals surface area contributed by atoms with E-state index in [0.717, 1.165) is 29.6 Å². The van der Waals surface area contributed by atoms with Gasteiger partial charge >= 0.3 is 0 Å². The van der Waals surface area contributed by atoms with Gasteiger partial charge in [-0.2, -0.15) is 0 Å². The number of benzene rings is 1. The summed E-state index contributed by atoms with van der Waals surface area (Å²) in [5, 5.41) is 5.81.